The van der Waals surface area contributed by atoms with E-state index < -0.39 is 5.60 Å². The van der Waals surface area contributed by atoms with Crippen molar-refractivity contribution < 1.29 is 14.3 Å². The van der Waals surface area contributed by atoms with Gasteiger partial charge in [-0.1, -0.05) is 13.3 Å². The molecule has 0 saturated carbocycles. The van der Waals surface area contributed by atoms with E-state index in [0.717, 1.165) is 43.5 Å². The summed E-state index contributed by atoms with van der Waals surface area (Å²) < 4.78 is 11.9. The summed E-state index contributed by atoms with van der Waals surface area (Å²) in [7, 11) is 0. The van der Waals surface area contributed by atoms with Crippen LogP contribution in [0.2, 0.25) is 0 Å². The molecule has 25 heavy (non-hydrogen) atoms. The fourth-order valence-corrected chi connectivity index (χ4v) is 3.11. The van der Waals surface area contributed by atoms with Gasteiger partial charge in [0.1, 0.15) is 17.0 Å². The predicted molar refractivity (Wildman–Crippen MR) is 101 cm³/mol. The number of nitrogens with two attached hydrogens (primary N) is 1. The van der Waals surface area contributed by atoms with Gasteiger partial charge in [0.2, 0.25) is 0 Å². The summed E-state index contributed by atoms with van der Waals surface area (Å²) in [6, 6.07) is 7.56. The fraction of sp³-hybridized carbons (Fsp3) is 0.650. The lowest BCUT2D eigenvalue weighted by Crippen LogP contribution is -2.50. The quantitative estimate of drug-likeness (QED) is 0.789. The molecule has 0 unspecified atom stereocenters. The first kappa shape index (κ1) is 19.4. The van der Waals surface area contributed by atoms with Crippen LogP contribution < -0.4 is 10.5 Å². The van der Waals surface area contributed by atoms with E-state index in [4.69, 9.17) is 15.2 Å². The lowest BCUT2D eigenvalue weighted by molar-refractivity contribution is -0.0225. The van der Waals surface area contributed by atoms with Gasteiger partial charge >= 0.3 is 6.09 Å². The van der Waals surface area contributed by atoms with Gasteiger partial charge in [-0.25, -0.2) is 4.79 Å². The van der Waals surface area contributed by atoms with E-state index in [0.29, 0.717) is 13.1 Å². The average molecular weight is 348 g/mol. The van der Waals surface area contributed by atoms with E-state index in [-0.39, 0.29) is 11.7 Å². The van der Waals surface area contributed by atoms with Gasteiger partial charge in [0.15, 0.2) is 0 Å². The van der Waals surface area contributed by atoms with Crippen molar-refractivity contribution in [1.82, 2.24) is 4.90 Å². The molecule has 0 spiro atoms. The van der Waals surface area contributed by atoms with Crippen molar-refractivity contribution in [3.8, 4) is 5.75 Å². The first-order valence-electron chi connectivity index (χ1n) is 9.25. The normalized spacial score (nSPS) is 17.2. The van der Waals surface area contributed by atoms with Crippen LogP contribution >= 0.6 is 0 Å². The van der Waals surface area contributed by atoms with Crippen molar-refractivity contribution >= 4 is 11.8 Å². The molecule has 140 valence electrons. The Kier molecular flexibility index (Phi) is 6.20. The van der Waals surface area contributed by atoms with Gasteiger partial charge < -0.3 is 20.1 Å². The number of amides is 1. The molecule has 1 amide bonds. The molecule has 0 aromatic heterocycles. The summed E-state index contributed by atoms with van der Waals surface area (Å²) in [4.78, 5) is 14.1. The van der Waals surface area contributed by atoms with Crippen LogP contribution in [0.4, 0.5) is 10.5 Å². The lowest BCUT2D eigenvalue weighted by Gasteiger charge is -2.42. The van der Waals surface area contributed by atoms with Crippen LogP contribution in [0, 0.1) is 0 Å². The first-order valence-corrected chi connectivity index (χ1v) is 9.25. The highest BCUT2D eigenvalue weighted by molar-refractivity contribution is 5.68. The van der Waals surface area contributed by atoms with E-state index in [1.54, 1.807) is 4.90 Å². The number of nitrogen functional groups attached to an aromatic ring is 1. The van der Waals surface area contributed by atoms with Crippen LogP contribution in [-0.2, 0) is 4.74 Å². The Morgan fingerprint density at radius 2 is 1.80 bits per heavy atom. The number of piperidine rings is 1. The van der Waals surface area contributed by atoms with Gasteiger partial charge in [-0.05, 0) is 57.9 Å². The van der Waals surface area contributed by atoms with Gasteiger partial charge in [0.05, 0.1) is 0 Å². The number of ether oxygens (including phenoxy) is 2. The van der Waals surface area contributed by atoms with Crippen molar-refractivity contribution in [2.75, 3.05) is 18.8 Å². The molecule has 0 radical (unpaired) electrons. The number of rotatable bonds is 5. The summed E-state index contributed by atoms with van der Waals surface area (Å²) >= 11 is 0. The minimum absolute atomic E-state index is 0.218. The number of nitrogens with zero attached hydrogens (tertiary/aromatic N) is 1. The summed E-state index contributed by atoms with van der Waals surface area (Å²) in [6.45, 7) is 9.19. The summed E-state index contributed by atoms with van der Waals surface area (Å²) in [6.07, 6.45) is 4.64. The van der Waals surface area contributed by atoms with E-state index in [1.165, 1.54) is 0 Å². The summed E-state index contributed by atoms with van der Waals surface area (Å²) in [5.41, 5.74) is 5.81. The highest BCUT2D eigenvalue weighted by Crippen LogP contribution is 2.34. The highest BCUT2D eigenvalue weighted by Gasteiger charge is 2.38. The van der Waals surface area contributed by atoms with Gasteiger partial charge in [0.25, 0.3) is 0 Å². The Morgan fingerprint density at radius 1 is 1.20 bits per heavy atom. The average Bonchev–Trinajstić information content (AvgIpc) is 2.54. The third-order valence-electron chi connectivity index (χ3n) is 4.53. The molecule has 1 aromatic carbocycles. The SMILES string of the molecule is CCCCC1(Oc2ccc(N)cc2)CCN(C(=O)OC(C)(C)C)CC1. The number of unbranched alkanes of at least 4 members (excludes halogenated alkanes) is 1. The number of carbonyl (C=O) groups excluding carboxylic acids is 1. The maximum atomic E-state index is 12.3. The lowest BCUT2D eigenvalue weighted by atomic mass is 9.86. The van der Waals surface area contributed by atoms with Gasteiger partial charge in [-0.2, -0.15) is 0 Å². The topological polar surface area (TPSA) is 64.8 Å². The molecule has 1 aromatic rings. The van der Waals surface area contributed by atoms with E-state index in [2.05, 4.69) is 6.92 Å². The van der Waals surface area contributed by atoms with Gasteiger partial charge in [-0.3, -0.25) is 0 Å². The molecule has 2 N–H and O–H groups in total. The van der Waals surface area contributed by atoms with Crippen molar-refractivity contribution in [3.05, 3.63) is 24.3 Å². The number of hydrogen-bond donors (Lipinski definition) is 1. The molecule has 0 bridgehead atoms. The second-order valence-corrected chi connectivity index (χ2v) is 7.93. The van der Waals surface area contributed by atoms with Gasteiger partial charge in [-0.15, -0.1) is 0 Å². The molecule has 5 nitrogen and oxygen atoms in total. The first-order chi connectivity index (χ1) is 11.7. The zero-order valence-electron chi connectivity index (χ0n) is 16.0. The van der Waals surface area contributed by atoms with Crippen molar-refractivity contribution in [1.29, 1.82) is 0 Å². The van der Waals surface area contributed by atoms with Crippen LogP contribution in [0.25, 0.3) is 0 Å². The van der Waals surface area contributed by atoms with Crippen LogP contribution in [0.3, 0.4) is 0 Å². The molecule has 1 fully saturated rings. The van der Waals surface area contributed by atoms with Crippen LogP contribution in [0.15, 0.2) is 24.3 Å². The zero-order chi connectivity index (χ0) is 18.5. The fourth-order valence-electron chi connectivity index (χ4n) is 3.11. The monoisotopic (exact) mass is 348 g/mol. The smallest absolute Gasteiger partial charge is 0.410 e. The second-order valence-electron chi connectivity index (χ2n) is 7.93. The number of carbonyl (C=O) groups is 1. The maximum absolute atomic E-state index is 12.3. The molecular formula is C20H32N2O3. The zero-order valence-corrected chi connectivity index (χ0v) is 16.0. The Hall–Kier alpha value is -1.91. The minimum atomic E-state index is -0.464. The molecule has 0 atom stereocenters. The van der Waals surface area contributed by atoms with E-state index in [9.17, 15) is 4.79 Å². The third kappa shape index (κ3) is 5.83. The van der Waals surface area contributed by atoms with Crippen molar-refractivity contribution in [2.24, 2.45) is 0 Å². The predicted octanol–water partition coefficient (Wildman–Crippen LogP) is 4.61. The molecule has 0 aliphatic carbocycles. The van der Waals surface area contributed by atoms with Gasteiger partial charge in [0, 0.05) is 31.6 Å². The molecular weight excluding hydrogens is 316 g/mol. The number of benzene rings is 1. The van der Waals surface area contributed by atoms with Crippen LogP contribution in [0.5, 0.6) is 5.75 Å². The van der Waals surface area contributed by atoms with Crippen LogP contribution in [0.1, 0.15) is 59.8 Å². The largest absolute Gasteiger partial charge is 0.487 e. The number of hydrogen-bond acceptors (Lipinski definition) is 4. The minimum Gasteiger partial charge on any atom is -0.487 e. The molecule has 1 heterocycles. The Bertz CT molecular complexity index is 555. The summed E-state index contributed by atoms with van der Waals surface area (Å²) in [5, 5.41) is 0. The Balaban J connectivity index is 2.02. The second kappa shape index (κ2) is 7.98. The van der Waals surface area contributed by atoms with Crippen molar-refractivity contribution in [2.45, 2.75) is 71.0 Å². The number of anilines is 1. The van der Waals surface area contributed by atoms with Crippen molar-refractivity contribution in [3.63, 3.8) is 0 Å². The van der Waals surface area contributed by atoms with Crippen LogP contribution in [-0.4, -0.2) is 35.3 Å². The Morgan fingerprint density at radius 3 is 2.32 bits per heavy atom. The molecule has 1 saturated heterocycles. The van der Waals surface area contributed by atoms with E-state index in [1.807, 2.05) is 45.0 Å². The third-order valence-corrected chi connectivity index (χ3v) is 4.53. The standard InChI is InChI=1S/C20H32N2O3/c1-5-6-11-20(24-17-9-7-16(21)8-10-17)12-14-22(15-13-20)18(23)25-19(2,3)4/h7-10H,5-6,11-15,21H2,1-4H3. The summed E-state index contributed by atoms with van der Waals surface area (Å²) in [5.74, 6) is 0.844. The molecule has 2 rings (SSSR count). The molecule has 1 aliphatic heterocycles. The molecule has 1 aliphatic rings. The number of likely N-dealkylation sites (tertiary alicyclic amines) is 1. The maximum Gasteiger partial charge on any atom is 0.410 e. The highest BCUT2D eigenvalue weighted by atomic mass is 16.6. The Labute approximate surface area is 151 Å². The molecule has 5 heteroatoms. The van der Waals surface area contributed by atoms with E-state index >= 15 is 0 Å².